The third kappa shape index (κ3) is 2.11. The molecule has 0 radical (unpaired) electrons. The fourth-order valence-electron chi connectivity index (χ4n) is 2.54. The molecule has 3 heteroatoms. The smallest absolute Gasteiger partial charge is 0.133 e. The Morgan fingerprint density at radius 2 is 2.06 bits per heavy atom. The summed E-state index contributed by atoms with van der Waals surface area (Å²) in [6.07, 6.45) is 3.39. The van der Waals surface area contributed by atoms with E-state index in [1.165, 1.54) is 12.0 Å². The molecule has 1 aliphatic rings. The van der Waals surface area contributed by atoms with Gasteiger partial charge in [0.2, 0.25) is 0 Å². The van der Waals surface area contributed by atoms with Crippen molar-refractivity contribution < 1.29 is 5.11 Å². The lowest BCUT2D eigenvalue weighted by Crippen LogP contribution is -2.41. The van der Waals surface area contributed by atoms with Gasteiger partial charge in [-0.15, -0.1) is 0 Å². The van der Waals surface area contributed by atoms with Gasteiger partial charge in [-0.25, -0.2) is 0 Å². The summed E-state index contributed by atoms with van der Waals surface area (Å²) in [5.41, 5.74) is 8.22. The van der Waals surface area contributed by atoms with E-state index in [1.807, 2.05) is 6.07 Å². The van der Waals surface area contributed by atoms with E-state index in [0.717, 1.165) is 22.9 Å². The van der Waals surface area contributed by atoms with Gasteiger partial charge in [-0.1, -0.05) is 26.3 Å². The molecule has 3 N–H and O–H groups in total. The first-order valence-electron chi connectivity index (χ1n) is 6.23. The van der Waals surface area contributed by atoms with Gasteiger partial charge in [-0.05, 0) is 46.3 Å². The van der Waals surface area contributed by atoms with Crippen LogP contribution in [0.2, 0.25) is 0 Å². The van der Waals surface area contributed by atoms with E-state index in [4.69, 9.17) is 5.73 Å². The predicted molar refractivity (Wildman–Crippen MR) is 74.5 cm³/mol. The van der Waals surface area contributed by atoms with Gasteiger partial charge in [0.25, 0.3) is 0 Å². The minimum absolute atomic E-state index is 0.0114. The summed E-state index contributed by atoms with van der Waals surface area (Å²) in [6, 6.07) is 4.14. The van der Waals surface area contributed by atoms with Crippen molar-refractivity contribution in [2.75, 3.05) is 6.54 Å². The molecule has 2 nitrogen and oxygen atoms in total. The minimum atomic E-state index is 0.0114. The van der Waals surface area contributed by atoms with Crippen molar-refractivity contribution in [3.05, 3.63) is 27.7 Å². The Hall–Kier alpha value is -0.540. The fourth-order valence-corrected chi connectivity index (χ4v) is 3.02. The van der Waals surface area contributed by atoms with Gasteiger partial charge < -0.3 is 10.8 Å². The van der Waals surface area contributed by atoms with E-state index in [0.29, 0.717) is 18.2 Å². The Bertz CT molecular complexity index is 419. The summed E-state index contributed by atoms with van der Waals surface area (Å²) in [4.78, 5) is 0. The number of phenols is 1. The molecule has 1 aromatic carbocycles. The Kier molecular flexibility index (Phi) is 3.50. The molecule has 0 bridgehead atoms. The van der Waals surface area contributed by atoms with Gasteiger partial charge in [0.1, 0.15) is 5.75 Å². The van der Waals surface area contributed by atoms with Crippen LogP contribution in [0.4, 0.5) is 0 Å². The zero-order chi connectivity index (χ0) is 12.6. The predicted octanol–water partition coefficient (Wildman–Crippen LogP) is 3.66. The first-order valence-corrected chi connectivity index (χ1v) is 7.02. The first-order chi connectivity index (χ1) is 8.00. The normalized spacial score (nSPS) is 18.2. The summed E-state index contributed by atoms with van der Waals surface area (Å²) in [7, 11) is 0. The highest BCUT2D eigenvalue weighted by Crippen LogP contribution is 2.48. The Labute approximate surface area is 111 Å². The topological polar surface area (TPSA) is 46.2 Å². The number of rotatable bonds is 3. The number of hydrogen-bond acceptors (Lipinski definition) is 2. The molecule has 1 aliphatic carbocycles. The second-order valence-corrected chi connectivity index (χ2v) is 6.25. The highest BCUT2D eigenvalue weighted by Gasteiger charge is 2.39. The molecule has 0 amide bonds. The molecular formula is C14H20BrNO. The molecule has 0 heterocycles. The summed E-state index contributed by atoms with van der Waals surface area (Å²) in [5.74, 6) is 0.833. The molecule has 1 aromatic rings. The number of nitrogens with two attached hydrogens (primary N) is 1. The average molecular weight is 298 g/mol. The summed E-state index contributed by atoms with van der Waals surface area (Å²) in [5, 5.41) is 10.2. The molecule has 0 saturated heterocycles. The SMILES string of the molecule is CC(C)c1cc(Br)c(O)c(C2(CN)CCC2)c1. The molecule has 1 fully saturated rings. The zero-order valence-corrected chi connectivity index (χ0v) is 12.0. The lowest BCUT2D eigenvalue weighted by molar-refractivity contribution is 0.244. The van der Waals surface area contributed by atoms with E-state index < -0.39 is 0 Å². The van der Waals surface area contributed by atoms with Crippen LogP contribution in [0, 0.1) is 0 Å². The highest BCUT2D eigenvalue weighted by atomic mass is 79.9. The summed E-state index contributed by atoms with van der Waals surface area (Å²) < 4.78 is 0.790. The van der Waals surface area contributed by atoms with Crippen LogP contribution in [0.3, 0.4) is 0 Å². The van der Waals surface area contributed by atoms with Crippen LogP contribution in [0.5, 0.6) is 5.75 Å². The number of halogens is 1. The molecule has 94 valence electrons. The largest absolute Gasteiger partial charge is 0.506 e. The Balaban J connectivity index is 2.52. The zero-order valence-electron chi connectivity index (χ0n) is 10.5. The second-order valence-electron chi connectivity index (χ2n) is 5.39. The number of phenolic OH excluding ortho intramolecular Hbond substituents is 1. The van der Waals surface area contributed by atoms with Crippen LogP contribution >= 0.6 is 15.9 Å². The molecule has 1 saturated carbocycles. The lowest BCUT2D eigenvalue weighted by atomic mass is 9.64. The second kappa shape index (κ2) is 4.62. The van der Waals surface area contributed by atoms with E-state index in [9.17, 15) is 5.11 Å². The standard InChI is InChI=1S/C14H20BrNO/c1-9(2)10-6-11(13(17)12(15)7-10)14(8-16)4-3-5-14/h6-7,9,17H,3-5,8,16H2,1-2H3. The summed E-state index contributed by atoms with van der Waals surface area (Å²) in [6.45, 7) is 4.95. The van der Waals surface area contributed by atoms with Crippen LogP contribution in [-0.2, 0) is 5.41 Å². The fraction of sp³-hybridized carbons (Fsp3) is 0.571. The van der Waals surface area contributed by atoms with Crippen LogP contribution in [0.1, 0.15) is 50.2 Å². The van der Waals surface area contributed by atoms with Crippen LogP contribution in [-0.4, -0.2) is 11.7 Å². The maximum absolute atomic E-state index is 10.2. The van der Waals surface area contributed by atoms with E-state index in [2.05, 4.69) is 35.8 Å². The van der Waals surface area contributed by atoms with Crippen molar-refractivity contribution in [3.8, 4) is 5.75 Å². The van der Waals surface area contributed by atoms with Crippen LogP contribution < -0.4 is 5.73 Å². The van der Waals surface area contributed by atoms with Gasteiger partial charge in [0, 0.05) is 17.5 Å². The molecule has 0 unspecified atom stereocenters. The first kappa shape index (κ1) is 12.9. The molecule has 17 heavy (non-hydrogen) atoms. The van der Waals surface area contributed by atoms with Gasteiger partial charge >= 0.3 is 0 Å². The molecular weight excluding hydrogens is 278 g/mol. The van der Waals surface area contributed by atoms with Crippen LogP contribution in [0.25, 0.3) is 0 Å². The summed E-state index contributed by atoms with van der Waals surface area (Å²) >= 11 is 3.45. The van der Waals surface area contributed by atoms with Crippen molar-refractivity contribution in [1.29, 1.82) is 0 Å². The third-order valence-electron chi connectivity index (χ3n) is 4.03. The quantitative estimate of drug-likeness (QED) is 0.894. The monoisotopic (exact) mass is 297 g/mol. The molecule has 2 rings (SSSR count). The number of aromatic hydroxyl groups is 1. The van der Waals surface area contributed by atoms with Gasteiger partial charge in [0.15, 0.2) is 0 Å². The molecule has 0 aliphatic heterocycles. The van der Waals surface area contributed by atoms with E-state index >= 15 is 0 Å². The van der Waals surface area contributed by atoms with Crippen molar-refractivity contribution >= 4 is 15.9 Å². The Morgan fingerprint density at radius 1 is 1.41 bits per heavy atom. The molecule has 0 spiro atoms. The third-order valence-corrected chi connectivity index (χ3v) is 4.63. The van der Waals surface area contributed by atoms with E-state index in [1.54, 1.807) is 0 Å². The maximum atomic E-state index is 10.2. The van der Waals surface area contributed by atoms with Gasteiger partial charge in [-0.2, -0.15) is 0 Å². The lowest BCUT2D eigenvalue weighted by Gasteiger charge is -2.42. The van der Waals surface area contributed by atoms with Gasteiger partial charge in [0.05, 0.1) is 4.47 Å². The minimum Gasteiger partial charge on any atom is -0.506 e. The Morgan fingerprint density at radius 3 is 2.47 bits per heavy atom. The molecule has 0 atom stereocenters. The highest BCUT2D eigenvalue weighted by molar-refractivity contribution is 9.10. The number of hydrogen-bond donors (Lipinski definition) is 2. The van der Waals surface area contributed by atoms with Crippen LogP contribution in [0.15, 0.2) is 16.6 Å². The van der Waals surface area contributed by atoms with E-state index in [-0.39, 0.29) is 5.41 Å². The average Bonchev–Trinajstić information content (AvgIpc) is 2.22. The molecule has 0 aromatic heterocycles. The maximum Gasteiger partial charge on any atom is 0.133 e. The van der Waals surface area contributed by atoms with Crippen molar-refractivity contribution in [2.24, 2.45) is 5.73 Å². The van der Waals surface area contributed by atoms with Crippen molar-refractivity contribution in [1.82, 2.24) is 0 Å². The van der Waals surface area contributed by atoms with Crippen molar-refractivity contribution in [2.45, 2.75) is 44.4 Å². The van der Waals surface area contributed by atoms with Gasteiger partial charge in [-0.3, -0.25) is 0 Å². The van der Waals surface area contributed by atoms with Crippen molar-refractivity contribution in [3.63, 3.8) is 0 Å². The number of benzene rings is 1.